The zero-order chi connectivity index (χ0) is 25.4. The summed E-state index contributed by atoms with van der Waals surface area (Å²) in [5.41, 5.74) is 2.97. The van der Waals surface area contributed by atoms with Crippen LogP contribution in [0.1, 0.15) is 44.6 Å². The number of hydrogen-bond donors (Lipinski definition) is 0. The molecule has 4 heterocycles. The molecule has 1 saturated heterocycles. The molecule has 0 bridgehead atoms. The first-order valence-corrected chi connectivity index (χ1v) is 13.3. The number of likely N-dealkylation sites (tertiary alicyclic amines) is 1. The number of ether oxygens (including phenoxy) is 2. The van der Waals surface area contributed by atoms with Crippen LogP contribution in [-0.2, 0) is 6.54 Å². The van der Waals surface area contributed by atoms with E-state index in [0.717, 1.165) is 31.4 Å². The molecular formula is C28H31ClN6O2. The van der Waals surface area contributed by atoms with Crippen LogP contribution in [0.4, 0.5) is 0 Å². The molecule has 8 nitrogen and oxygen atoms in total. The van der Waals surface area contributed by atoms with Gasteiger partial charge in [-0.1, -0.05) is 41.9 Å². The Kier molecular flexibility index (Phi) is 6.46. The second-order valence-electron chi connectivity index (χ2n) is 10.3. The minimum atomic E-state index is -0.184. The van der Waals surface area contributed by atoms with E-state index in [2.05, 4.69) is 46.0 Å². The zero-order valence-electron chi connectivity index (χ0n) is 21.2. The van der Waals surface area contributed by atoms with E-state index in [1.54, 1.807) is 12.3 Å². The number of rotatable bonds is 9. The zero-order valence-corrected chi connectivity index (χ0v) is 22.0. The average Bonchev–Trinajstić information content (AvgIpc) is 3.30. The molecule has 192 valence electrons. The number of benzene rings is 1. The maximum absolute atomic E-state index is 6.80. The first kappa shape index (κ1) is 24.1. The van der Waals surface area contributed by atoms with Crippen molar-refractivity contribution in [1.82, 2.24) is 29.4 Å². The van der Waals surface area contributed by atoms with Crippen LogP contribution in [0.3, 0.4) is 0 Å². The molecule has 0 N–H and O–H groups in total. The van der Waals surface area contributed by atoms with E-state index in [1.807, 2.05) is 22.8 Å². The minimum Gasteiger partial charge on any atom is -0.478 e. The van der Waals surface area contributed by atoms with Crippen LogP contribution in [0, 0.1) is 0 Å². The Morgan fingerprint density at radius 2 is 1.97 bits per heavy atom. The molecule has 2 aliphatic rings. The Morgan fingerprint density at radius 1 is 1.14 bits per heavy atom. The summed E-state index contributed by atoms with van der Waals surface area (Å²) in [6.07, 6.45) is 8.73. The number of nitrogens with zero attached hydrogens (tertiary/aromatic N) is 6. The van der Waals surface area contributed by atoms with Gasteiger partial charge in [-0.3, -0.25) is 0 Å². The summed E-state index contributed by atoms with van der Waals surface area (Å²) >= 11 is 6.80. The van der Waals surface area contributed by atoms with Gasteiger partial charge in [-0.25, -0.2) is 15.0 Å². The summed E-state index contributed by atoms with van der Waals surface area (Å²) < 4.78 is 14.2. The lowest BCUT2D eigenvalue weighted by Crippen LogP contribution is -2.26. The van der Waals surface area contributed by atoms with Crippen molar-refractivity contribution >= 4 is 22.8 Å². The molecule has 4 aromatic rings. The van der Waals surface area contributed by atoms with Gasteiger partial charge in [0.05, 0.1) is 23.7 Å². The molecule has 0 spiro atoms. The standard InChI is InChI=1S/C28H31ClN6O2/c1-28(11-12-28)37-27-24-26(31-18-32-27)35(17-19-7-4-3-5-8-19)25(33-24)21-16-30-23(15-22(21)29)36-14-10-20-9-6-13-34(20)2/h3-5,7-8,15-16,18,20H,6,9-14,17H2,1-2H3. The molecule has 2 fully saturated rings. The highest BCUT2D eigenvalue weighted by molar-refractivity contribution is 6.33. The molecule has 1 aliphatic carbocycles. The van der Waals surface area contributed by atoms with E-state index in [1.165, 1.54) is 19.2 Å². The Bertz CT molecular complexity index is 1400. The summed E-state index contributed by atoms with van der Waals surface area (Å²) in [5.74, 6) is 1.69. The highest BCUT2D eigenvalue weighted by Crippen LogP contribution is 2.41. The lowest BCUT2D eigenvalue weighted by molar-refractivity contribution is 0.194. The third-order valence-corrected chi connectivity index (χ3v) is 7.73. The second kappa shape index (κ2) is 9.91. The van der Waals surface area contributed by atoms with Gasteiger partial charge in [-0.2, -0.15) is 4.98 Å². The van der Waals surface area contributed by atoms with Gasteiger partial charge in [0.1, 0.15) is 17.8 Å². The van der Waals surface area contributed by atoms with Gasteiger partial charge >= 0.3 is 0 Å². The number of imidazole rings is 1. The average molecular weight is 519 g/mol. The van der Waals surface area contributed by atoms with E-state index in [9.17, 15) is 0 Å². The monoisotopic (exact) mass is 518 g/mol. The molecular weight excluding hydrogens is 488 g/mol. The predicted molar refractivity (Wildman–Crippen MR) is 143 cm³/mol. The number of pyridine rings is 1. The smallest absolute Gasteiger partial charge is 0.245 e. The largest absolute Gasteiger partial charge is 0.478 e. The van der Waals surface area contributed by atoms with Gasteiger partial charge in [0, 0.05) is 18.3 Å². The van der Waals surface area contributed by atoms with E-state index in [0.29, 0.717) is 58.5 Å². The van der Waals surface area contributed by atoms with E-state index in [-0.39, 0.29) is 5.60 Å². The Balaban J connectivity index is 1.32. The third kappa shape index (κ3) is 5.13. The molecule has 9 heteroatoms. The Labute approximate surface area is 221 Å². The van der Waals surface area contributed by atoms with Gasteiger partial charge in [-0.05, 0) is 58.2 Å². The van der Waals surface area contributed by atoms with Crippen molar-refractivity contribution in [3.05, 3.63) is 59.5 Å². The van der Waals surface area contributed by atoms with Gasteiger partial charge in [0.25, 0.3) is 0 Å². The van der Waals surface area contributed by atoms with Crippen molar-refractivity contribution in [2.24, 2.45) is 0 Å². The van der Waals surface area contributed by atoms with Crippen molar-refractivity contribution in [2.45, 2.75) is 57.2 Å². The molecule has 1 atom stereocenters. The maximum atomic E-state index is 6.80. The molecule has 37 heavy (non-hydrogen) atoms. The molecule has 1 unspecified atom stereocenters. The summed E-state index contributed by atoms with van der Waals surface area (Å²) in [7, 11) is 2.18. The highest BCUT2D eigenvalue weighted by Gasteiger charge is 2.41. The maximum Gasteiger partial charge on any atom is 0.245 e. The van der Waals surface area contributed by atoms with Crippen molar-refractivity contribution in [1.29, 1.82) is 0 Å². The van der Waals surface area contributed by atoms with Crippen molar-refractivity contribution < 1.29 is 9.47 Å². The number of hydrogen-bond acceptors (Lipinski definition) is 7. The summed E-state index contributed by atoms with van der Waals surface area (Å²) in [6.45, 7) is 4.43. The van der Waals surface area contributed by atoms with Gasteiger partial charge < -0.3 is 18.9 Å². The Morgan fingerprint density at radius 3 is 2.70 bits per heavy atom. The summed E-state index contributed by atoms with van der Waals surface area (Å²) in [4.78, 5) is 20.9. The fraction of sp³-hybridized carbons (Fsp3) is 0.429. The molecule has 3 aromatic heterocycles. The second-order valence-corrected chi connectivity index (χ2v) is 10.7. The van der Waals surface area contributed by atoms with Crippen LogP contribution >= 0.6 is 11.6 Å². The summed E-state index contributed by atoms with van der Waals surface area (Å²) in [6, 6.07) is 12.6. The number of aromatic nitrogens is 5. The number of fused-ring (bicyclic) bond motifs is 1. The van der Waals surface area contributed by atoms with E-state index >= 15 is 0 Å². The molecule has 6 rings (SSSR count). The van der Waals surface area contributed by atoms with Gasteiger partial charge in [0.15, 0.2) is 11.2 Å². The van der Waals surface area contributed by atoms with Crippen LogP contribution in [0.25, 0.3) is 22.6 Å². The predicted octanol–water partition coefficient (Wildman–Crippen LogP) is 5.38. The lowest BCUT2D eigenvalue weighted by Gasteiger charge is -2.19. The van der Waals surface area contributed by atoms with Crippen LogP contribution in [0.5, 0.6) is 11.8 Å². The van der Waals surface area contributed by atoms with Crippen LogP contribution in [0.2, 0.25) is 5.02 Å². The van der Waals surface area contributed by atoms with E-state index in [4.69, 9.17) is 26.1 Å². The van der Waals surface area contributed by atoms with Gasteiger partial charge in [-0.15, -0.1) is 0 Å². The number of halogens is 1. The molecule has 1 saturated carbocycles. The molecule has 0 amide bonds. The SMILES string of the molecule is CN1CCCC1CCOc1cc(Cl)c(-c2nc3c(OC4(C)CC4)ncnc3n2Cc2ccccc2)cn1. The van der Waals surface area contributed by atoms with Crippen molar-refractivity contribution in [2.75, 3.05) is 20.2 Å². The quantitative estimate of drug-likeness (QED) is 0.294. The molecule has 0 radical (unpaired) electrons. The lowest BCUT2D eigenvalue weighted by atomic mass is 10.1. The van der Waals surface area contributed by atoms with E-state index < -0.39 is 0 Å². The Hall–Kier alpha value is -3.23. The first-order chi connectivity index (χ1) is 18.0. The highest BCUT2D eigenvalue weighted by atomic mass is 35.5. The molecule has 1 aromatic carbocycles. The van der Waals surface area contributed by atoms with Crippen LogP contribution in [-0.4, -0.2) is 61.2 Å². The van der Waals surface area contributed by atoms with Crippen LogP contribution in [0.15, 0.2) is 48.9 Å². The molecule has 1 aliphatic heterocycles. The fourth-order valence-corrected chi connectivity index (χ4v) is 5.15. The van der Waals surface area contributed by atoms with Crippen molar-refractivity contribution in [3.8, 4) is 23.1 Å². The van der Waals surface area contributed by atoms with Gasteiger partial charge in [0.2, 0.25) is 11.8 Å². The first-order valence-electron chi connectivity index (χ1n) is 12.9. The normalized spacial score (nSPS) is 18.8. The fourth-order valence-electron chi connectivity index (χ4n) is 4.92. The minimum absolute atomic E-state index is 0.184. The van der Waals surface area contributed by atoms with Crippen molar-refractivity contribution in [3.63, 3.8) is 0 Å². The summed E-state index contributed by atoms with van der Waals surface area (Å²) in [5, 5.41) is 0.525. The van der Waals surface area contributed by atoms with Crippen LogP contribution < -0.4 is 9.47 Å². The third-order valence-electron chi connectivity index (χ3n) is 7.42. The topological polar surface area (TPSA) is 78.2 Å².